The van der Waals surface area contributed by atoms with Gasteiger partial charge in [-0.2, -0.15) is 0 Å². The molecule has 0 aliphatic carbocycles. The molecule has 2 rings (SSSR count). The van der Waals surface area contributed by atoms with Crippen molar-refractivity contribution < 1.29 is 5.11 Å². The average Bonchev–Trinajstić information content (AvgIpc) is 2.31. The van der Waals surface area contributed by atoms with Crippen LogP contribution >= 0.6 is 11.6 Å². The van der Waals surface area contributed by atoms with E-state index in [0.717, 1.165) is 22.3 Å². The van der Waals surface area contributed by atoms with Gasteiger partial charge >= 0.3 is 0 Å². The van der Waals surface area contributed by atoms with Crippen molar-refractivity contribution in [3.05, 3.63) is 69.2 Å². The van der Waals surface area contributed by atoms with Gasteiger partial charge in [0.25, 0.3) is 0 Å². The van der Waals surface area contributed by atoms with E-state index in [9.17, 15) is 5.11 Å². The van der Waals surface area contributed by atoms with Crippen LogP contribution in [0.1, 0.15) is 33.9 Å². The van der Waals surface area contributed by atoms with Crippen LogP contribution in [0.3, 0.4) is 0 Å². The molecule has 2 aromatic rings. The van der Waals surface area contributed by atoms with Gasteiger partial charge in [0.1, 0.15) is 6.10 Å². The van der Waals surface area contributed by atoms with Crippen molar-refractivity contribution in [2.45, 2.75) is 26.9 Å². The van der Waals surface area contributed by atoms with Gasteiger partial charge in [-0.05, 0) is 55.2 Å². The topological polar surface area (TPSA) is 20.2 Å². The first kappa shape index (κ1) is 13.1. The Kier molecular flexibility index (Phi) is 3.74. The van der Waals surface area contributed by atoms with Crippen molar-refractivity contribution in [3.63, 3.8) is 0 Å². The number of hydrogen-bond acceptors (Lipinski definition) is 1. The van der Waals surface area contributed by atoms with Crippen LogP contribution in [-0.4, -0.2) is 5.11 Å². The highest BCUT2D eigenvalue weighted by Gasteiger charge is 2.15. The predicted octanol–water partition coefficient (Wildman–Crippen LogP) is 4.35. The Morgan fingerprint density at radius 2 is 1.61 bits per heavy atom. The van der Waals surface area contributed by atoms with E-state index >= 15 is 0 Å². The van der Waals surface area contributed by atoms with Crippen molar-refractivity contribution in [2.75, 3.05) is 0 Å². The van der Waals surface area contributed by atoms with Crippen LogP contribution < -0.4 is 0 Å². The minimum Gasteiger partial charge on any atom is -0.384 e. The van der Waals surface area contributed by atoms with Crippen LogP contribution in [0.15, 0.2) is 36.4 Å². The summed E-state index contributed by atoms with van der Waals surface area (Å²) in [7, 11) is 0. The molecule has 0 aromatic heterocycles. The van der Waals surface area contributed by atoms with E-state index in [1.54, 1.807) is 0 Å². The molecule has 0 aliphatic rings. The molecule has 0 amide bonds. The molecule has 0 radical (unpaired) electrons. The summed E-state index contributed by atoms with van der Waals surface area (Å²) in [5.41, 5.74) is 5.15. The van der Waals surface area contributed by atoms with Crippen LogP contribution in [0, 0.1) is 20.8 Å². The van der Waals surface area contributed by atoms with Gasteiger partial charge in [-0.1, -0.05) is 41.4 Å². The number of hydrogen-bond donors (Lipinski definition) is 1. The standard InChI is InChI=1S/C16H17ClO/c1-10-4-7-14(12(3)8-10)16(18)15-9-13(17)6-5-11(15)2/h4-9,16,18H,1-3H3. The molecule has 0 saturated heterocycles. The van der Waals surface area contributed by atoms with E-state index in [4.69, 9.17) is 11.6 Å². The number of aryl methyl sites for hydroxylation is 3. The molecule has 0 fully saturated rings. The molecule has 2 aromatic carbocycles. The smallest absolute Gasteiger partial charge is 0.105 e. The maximum absolute atomic E-state index is 10.5. The number of benzene rings is 2. The zero-order valence-electron chi connectivity index (χ0n) is 10.9. The number of aliphatic hydroxyl groups excluding tert-OH is 1. The summed E-state index contributed by atoms with van der Waals surface area (Å²) in [6.45, 7) is 6.05. The molecule has 18 heavy (non-hydrogen) atoms. The normalized spacial score (nSPS) is 12.5. The fourth-order valence-corrected chi connectivity index (χ4v) is 2.39. The first-order valence-electron chi connectivity index (χ1n) is 6.00. The third kappa shape index (κ3) is 2.58. The summed E-state index contributed by atoms with van der Waals surface area (Å²) in [5.74, 6) is 0. The molecule has 1 atom stereocenters. The largest absolute Gasteiger partial charge is 0.384 e. The van der Waals surface area contributed by atoms with Crippen LogP contribution in [0.2, 0.25) is 5.02 Å². The van der Waals surface area contributed by atoms with Crippen molar-refractivity contribution in [1.29, 1.82) is 0 Å². The summed E-state index contributed by atoms with van der Waals surface area (Å²) >= 11 is 6.00. The molecule has 1 nitrogen and oxygen atoms in total. The highest BCUT2D eigenvalue weighted by atomic mass is 35.5. The summed E-state index contributed by atoms with van der Waals surface area (Å²) < 4.78 is 0. The Labute approximate surface area is 113 Å². The molecule has 2 heteroatoms. The SMILES string of the molecule is Cc1ccc(C(O)c2cc(Cl)ccc2C)c(C)c1. The molecule has 0 bridgehead atoms. The molecule has 0 spiro atoms. The van der Waals surface area contributed by atoms with E-state index in [2.05, 4.69) is 6.07 Å². The van der Waals surface area contributed by atoms with Gasteiger partial charge in [-0.25, -0.2) is 0 Å². The van der Waals surface area contributed by atoms with Crippen molar-refractivity contribution >= 4 is 11.6 Å². The fourth-order valence-electron chi connectivity index (χ4n) is 2.21. The predicted molar refractivity (Wildman–Crippen MR) is 76.2 cm³/mol. The summed E-state index contributed by atoms with van der Waals surface area (Å²) in [4.78, 5) is 0. The van der Waals surface area contributed by atoms with Gasteiger partial charge in [0.15, 0.2) is 0 Å². The lowest BCUT2D eigenvalue weighted by atomic mass is 9.94. The van der Waals surface area contributed by atoms with Gasteiger partial charge in [0.2, 0.25) is 0 Å². The quantitative estimate of drug-likeness (QED) is 0.851. The van der Waals surface area contributed by atoms with Crippen LogP contribution in [0.25, 0.3) is 0 Å². The monoisotopic (exact) mass is 260 g/mol. The minimum absolute atomic E-state index is 0.621. The summed E-state index contributed by atoms with van der Waals surface area (Å²) in [6, 6.07) is 11.7. The molecule has 94 valence electrons. The van der Waals surface area contributed by atoms with Gasteiger partial charge < -0.3 is 5.11 Å². The van der Waals surface area contributed by atoms with Crippen LogP contribution in [0.5, 0.6) is 0 Å². The second-order valence-electron chi connectivity index (χ2n) is 4.76. The molecular weight excluding hydrogens is 244 g/mol. The second-order valence-corrected chi connectivity index (χ2v) is 5.20. The van der Waals surface area contributed by atoms with Gasteiger partial charge in [-0.3, -0.25) is 0 Å². The maximum atomic E-state index is 10.5. The molecule has 0 saturated carbocycles. The van der Waals surface area contributed by atoms with Gasteiger partial charge in [0.05, 0.1) is 0 Å². The van der Waals surface area contributed by atoms with Crippen LogP contribution in [-0.2, 0) is 0 Å². The first-order valence-corrected chi connectivity index (χ1v) is 6.38. The molecule has 0 aliphatic heterocycles. The van der Waals surface area contributed by atoms with Gasteiger partial charge in [-0.15, -0.1) is 0 Å². The zero-order valence-corrected chi connectivity index (χ0v) is 11.6. The molecule has 0 heterocycles. The van der Waals surface area contributed by atoms with Crippen molar-refractivity contribution in [1.82, 2.24) is 0 Å². The third-order valence-corrected chi connectivity index (χ3v) is 3.49. The molecule has 1 N–H and O–H groups in total. The fraction of sp³-hybridized carbons (Fsp3) is 0.250. The Bertz CT molecular complexity index is 575. The lowest BCUT2D eigenvalue weighted by molar-refractivity contribution is 0.219. The first-order chi connectivity index (χ1) is 8.49. The van der Waals surface area contributed by atoms with E-state index in [1.165, 1.54) is 5.56 Å². The number of halogens is 1. The van der Waals surface area contributed by atoms with E-state index in [-0.39, 0.29) is 0 Å². The Morgan fingerprint density at radius 3 is 2.28 bits per heavy atom. The minimum atomic E-state index is -0.621. The lowest BCUT2D eigenvalue weighted by Crippen LogP contribution is -2.04. The number of rotatable bonds is 2. The van der Waals surface area contributed by atoms with E-state index in [1.807, 2.05) is 51.1 Å². The summed E-state index contributed by atoms with van der Waals surface area (Å²) in [6.07, 6.45) is -0.621. The van der Waals surface area contributed by atoms with Crippen molar-refractivity contribution in [3.8, 4) is 0 Å². The number of aliphatic hydroxyl groups is 1. The molecular formula is C16H17ClO. The Balaban J connectivity index is 2.47. The van der Waals surface area contributed by atoms with E-state index in [0.29, 0.717) is 5.02 Å². The maximum Gasteiger partial charge on any atom is 0.105 e. The van der Waals surface area contributed by atoms with Crippen molar-refractivity contribution in [2.24, 2.45) is 0 Å². The zero-order chi connectivity index (χ0) is 13.3. The average molecular weight is 261 g/mol. The third-order valence-electron chi connectivity index (χ3n) is 3.26. The summed E-state index contributed by atoms with van der Waals surface area (Å²) in [5, 5.41) is 11.2. The Hall–Kier alpha value is -1.31. The van der Waals surface area contributed by atoms with Crippen LogP contribution in [0.4, 0.5) is 0 Å². The molecule has 1 unspecified atom stereocenters. The van der Waals surface area contributed by atoms with Gasteiger partial charge in [0, 0.05) is 5.02 Å². The van der Waals surface area contributed by atoms with E-state index < -0.39 is 6.10 Å². The highest BCUT2D eigenvalue weighted by molar-refractivity contribution is 6.30. The lowest BCUT2D eigenvalue weighted by Gasteiger charge is -2.17. The Morgan fingerprint density at radius 1 is 0.889 bits per heavy atom. The second kappa shape index (κ2) is 5.13. The highest BCUT2D eigenvalue weighted by Crippen LogP contribution is 2.29.